The molecule has 23 heavy (non-hydrogen) atoms. The fourth-order valence-corrected chi connectivity index (χ4v) is 3.22. The van der Waals surface area contributed by atoms with Crippen molar-refractivity contribution in [3.05, 3.63) is 35.4 Å². The summed E-state index contributed by atoms with van der Waals surface area (Å²) in [6, 6.07) is 8.37. The molecule has 0 radical (unpaired) electrons. The Morgan fingerprint density at radius 1 is 1.30 bits per heavy atom. The van der Waals surface area contributed by atoms with Crippen LogP contribution in [-0.4, -0.2) is 35.1 Å². The molecule has 5 heteroatoms. The number of aliphatic carboxylic acids is 1. The number of likely N-dealkylation sites (tertiary alicyclic amines) is 1. The molecule has 1 aromatic carbocycles. The molecule has 0 saturated carbocycles. The summed E-state index contributed by atoms with van der Waals surface area (Å²) in [6.07, 6.45) is 2.66. The largest absolute Gasteiger partial charge is 0.481 e. The molecule has 1 saturated heterocycles. The summed E-state index contributed by atoms with van der Waals surface area (Å²) in [4.78, 5) is 24.9. The second-order valence-corrected chi connectivity index (χ2v) is 6.40. The Balaban J connectivity index is 2.03. The molecule has 0 bridgehead atoms. The Labute approximate surface area is 137 Å². The maximum absolute atomic E-state index is 12.5. The number of nitrogens with zero attached hydrogens (tertiary/aromatic N) is 1. The Bertz CT molecular complexity index is 542. The van der Waals surface area contributed by atoms with Crippen molar-refractivity contribution >= 4 is 12.0 Å². The van der Waals surface area contributed by atoms with Gasteiger partial charge in [-0.1, -0.05) is 36.8 Å². The number of nitrogens with one attached hydrogen (secondary N) is 1. The van der Waals surface area contributed by atoms with Crippen LogP contribution in [0.4, 0.5) is 4.79 Å². The minimum Gasteiger partial charge on any atom is -0.481 e. The van der Waals surface area contributed by atoms with Gasteiger partial charge in [-0.05, 0) is 37.7 Å². The Morgan fingerprint density at radius 3 is 2.65 bits per heavy atom. The average molecular weight is 318 g/mol. The molecule has 1 heterocycles. The predicted molar refractivity (Wildman–Crippen MR) is 89.3 cm³/mol. The van der Waals surface area contributed by atoms with Crippen LogP contribution in [0.2, 0.25) is 0 Å². The van der Waals surface area contributed by atoms with Crippen molar-refractivity contribution in [3.8, 4) is 0 Å². The number of benzene rings is 1. The van der Waals surface area contributed by atoms with Gasteiger partial charge in [-0.25, -0.2) is 4.79 Å². The molecular weight excluding hydrogens is 292 g/mol. The van der Waals surface area contributed by atoms with Crippen LogP contribution in [0.3, 0.4) is 0 Å². The van der Waals surface area contributed by atoms with Crippen LogP contribution in [0, 0.1) is 12.8 Å². The number of rotatable bonds is 5. The van der Waals surface area contributed by atoms with Gasteiger partial charge in [-0.2, -0.15) is 0 Å². The summed E-state index contributed by atoms with van der Waals surface area (Å²) in [5.74, 6) is -0.417. The fraction of sp³-hybridized carbons (Fsp3) is 0.556. The normalized spacial score (nSPS) is 21.0. The van der Waals surface area contributed by atoms with E-state index >= 15 is 0 Å². The second kappa shape index (κ2) is 7.99. The minimum atomic E-state index is -0.830. The van der Waals surface area contributed by atoms with Gasteiger partial charge in [0.25, 0.3) is 0 Å². The molecule has 1 aliphatic heterocycles. The zero-order valence-corrected chi connectivity index (χ0v) is 13.9. The Morgan fingerprint density at radius 2 is 2.00 bits per heavy atom. The first-order valence-corrected chi connectivity index (χ1v) is 8.32. The van der Waals surface area contributed by atoms with Crippen molar-refractivity contribution in [2.24, 2.45) is 5.92 Å². The van der Waals surface area contributed by atoms with E-state index in [-0.39, 0.29) is 18.5 Å². The number of urea groups is 1. The molecule has 1 aliphatic rings. The molecule has 2 atom stereocenters. The quantitative estimate of drug-likeness (QED) is 0.818. The van der Waals surface area contributed by atoms with E-state index in [1.165, 1.54) is 11.1 Å². The number of carbonyl (C=O) groups excluding carboxylic acids is 1. The molecule has 2 N–H and O–H groups in total. The fourth-order valence-electron chi connectivity index (χ4n) is 3.22. The molecule has 2 amide bonds. The zero-order valence-electron chi connectivity index (χ0n) is 13.9. The van der Waals surface area contributed by atoms with Gasteiger partial charge >= 0.3 is 12.0 Å². The van der Waals surface area contributed by atoms with E-state index < -0.39 is 5.97 Å². The lowest BCUT2D eigenvalue weighted by atomic mass is 9.86. The first-order chi connectivity index (χ1) is 11.0. The van der Waals surface area contributed by atoms with Gasteiger partial charge in [0.05, 0.1) is 6.04 Å². The van der Waals surface area contributed by atoms with E-state index in [0.29, 0.717) is 18.9 Å². The number of carbonyl (C=O) groups is 2. The van der Waals surface area contributed by atoms with Gasteiger partial charge in [0.1, 0.15) is 0 Å². The van der Waals surface area contributed by atoms with Crippen LogP contribution in [0.5, 0.6) is 0 Å². The topological polar surface area (TPSA) is 69.6 Å². The molecular formula is C18H26N2O3. The predicted octanol–water partition coefficient (Wildman–Crippen LogP) is 3.34. The summed E-state index contributed by atoms with van der Waals surface area (Å²) >= 11 is 0. The maximum Gasteiger partial charge on any atom is 0.317 e. The number of amides is 2. The number of aryl methyl sites for hydroxylation is 1. The van der Waals surface area contributed by atoms with Crippen molar-refractivity contribution in [2.45, 2.75) is 45.6 Å². The molecule has 126 valence electrons. The summed E-state index contributed by atoms with van der Waals surface area (Å²) < 4.78 is 0. The monoisotopic (exact) mass is 318 g/mol. The number of hydrogen-bond acceptors (Lipinski definition) is 2. The van der Waals surface area contributed by atoms with Crippen LogP contribution in [0.15, 0.2) is 24.3 Å². The van der Waals surface area contributed by atoms with Crippen molar-refractivity contribution in [3.63, 3.8) is 0 Å². The van der Waals surface area contributed by atoms with Crippen LogP contribution in [-0.2, 0) is 4.79 Å². The number of carboxylic acid groups (broad SMARTS) is 1. The van der Waals surface area contributed by atoms with Crippen LogP contribution in [0.25, 0.3) is 0 Å². The van der Waals surface area contributed by atoms with Gasteiger partial charge in [0, 0.05) is 19.5 Å². The minimum absolute atomic E-state index is 0.0814. The third-order valence-corrected chi connectivity index (χ3v) is 4.46. The number of piperidine rings is 1. The summed E-state index contributed by atoms with van der Waals surface area (Å²) in [5.41, 5.74) is 2.38. The molecule has 0 aromatic heterocycles. The van der Waals surface area contributed by atoms with Crippen molar-refractivity contribution < 1.29 is 14.7 Å². The third kappa shape index (κ3) is 4.71. The SMILES string of the molecule is Cc1ccc(C2C(C)CCCN2C(=O)NCCCC(=O)O)cc1. The average Bonchev–Trinajstić information content (AvgIpc) is 2.52. The zero-order chi connectivity index (χ0) is 16.8. The van der Waals surface area contributed by atoms with Gasteiger partial charge in [0.15, 0.2) is 0 Å². The summed E-state index contributed by atoms with van der Waals surface area (Å²) in [5, 5.41) is 11.5. The van der Waals surface area contributed by atoms with Gasteiger partial charge in [-0.15, -0.1) is 0 Å². The molecule has 2 rings (SSSR count). The summed E-state index contributed by atoms with van der Waals surface area (Å²) in [7, 11) is 0. The smallest absolute Gasteiger partial charge is 0.317 e. The molecule has 1 aromatic rings. The van der Waals surface area contributed by atoms with Crippen LogP contribution >= 0.6 is 0 Å². The highest BCUT2D eigenvalue weighted by Gasteiger charge is 2.32. The van der Waals surface area contributed by atoms with Crippen molar-refractivity contribution in [2.75, 3.05) is 13.1 Å². The van der Waals surface area contributed by atoms with Crippen LogP contribution < -0.4 is 5.32 Å². The Kier molecular flexibility index (Phi) is 6.02. The highest BCUT2D eigenvalue weighted by atomic mass is 16.4. The van der Waals surface area contributed by atoms with Gasteiger partial charge in [0.2, 0.25) is 0 Å². The summed E-state index contributed by atoms with van der Waals surface area (Å²) in [6.45, 7) is 5.39. The lowest BCUT2D eigenvalue weighted by Crippen LogP contribution is -2.47. The lowest BCUT2D eigenvalue weighted by molar-refractivity contribution is -0.137. The lowest BCUT2D eigenvalue weighted by Gasteiger charge is -2.40. The first kappa shape index (κ1) is 17.3. The molecule has 2 unspecified atom stereocenters. The molecule has 0 spiro atoms. The second-order valence-electron chi connectivity index (χ2n) is 6.40. The maximum atomic E-state index is 12.5. The highest BCUT2D eigenvalue weighted by Crippen LogP contribution is 2.35. The molecule has 1 fully saturated rings. The van der Waals surface area contributed by atoms with Crippen molar-refractivity contribution in [1.29, 1.82) is 0 Å². The van der Waals surface area contributed by atoms with E-state index in [1.54, 1.807) is 0 Å². The number of hydrogen-bond donors (Lipinski definition) is 2. The van der Waals surface area contributed by atoms with E-state index in [1.807, 2.05) is 4.90 Å². The Hall–Kier alpha value is -2.04. The third-order valence-electron chi connectivity index (χ3n) is 4.46. The first-order valence-electron chi connectivity index (χ1n) is 8.32. The molecule has 5 nitrogen and oxygen atoms in total. The van der Waals surface area contributed by atoms with E-state index in [0.717, 1.165) is 19.4 Å². The number of carboxylic acids is 1. The highest BCUT2D eigenvalue weighted by molar-refractivity contribution is 5.75. The van der Waals surface area contributed by atoms with E-state index in [9.17, 15) is 9.59 Å². The standard InChI is InChI=1S/C18H26N2O3/c1-13-7-9-15(10-8-13)17-14(2)5-4-12-20(17)18(23)19-11-3-6-16(21)22/h7-10,14,17H,3-6,11-12H2,1-2H3,(H,19,23)(H,21,22). The van der Waals surface area contributed by atoms with Gasteiger partial charge < -0.3 is 15.3 Å². The van der Waals surface area contributed by atoms with E-state index in [2.05, 4.69) is 43.4 Å². The van der Waals surface area contributed by atoms with Gasteiger partial charge in [-0.3, -0.25) is 4.79 Å². The molecule has 0 aliphatic carbocycles. The van der Waals surface area contributed by atoms with E-state index in [4.69, 9.17) is 5.11 Å². The van der Waals surface area contributed by atoms with Crippen molar-refractivity contribution in [1.82, 2.24) is 10.2 Å². The van der Waals surface area contributed by atoms with Crippen LogP contribution in [0.1, 0.15) is 49.8 Å².